The molecule has 0 spiro atoms. The van der Waals surface area contributed by atoms with E-state index in [9.17, 15) is 0 Å². The van der Waals surface area contributed by atoms with Crippen molar-refractivity contribution >= 4 is 11.6 Å². The van der Waals surface area contributed by atoms with E-state index in [1.807, 2.05) is 0 Å². The van der Waals surface area contributed by atoms with E-state index in [2.05, 4.69) is 15.4 Å². The van der Waals surface area contributed by atoms with Crippen LogP contribution in [0.3, 0.4) is 0 Å². The second-order valence-electron chi connectivity index (χ2n) is 2.27. The first kappa shape index (κ1) is 7.52. The summed E-state index contributed by atoms with van der Waals surface area (Å²) in [4.78, 5) is 8.97. The van der Waals surface area contributed by atoms with Crippen LogP contribution in [0.1, 0.15) is 11.8 Å². The molecule has 1 unspecified atom stereocenters. The van der Waals surface area contributed by atoms with Crippen LogP contribution in [0.2, 0.25) is 5.02 Å². The highest BCUT2D eigenvalue weighted by atomic mass is 35.5. The Morgan fingerprint density at radius 3 is 2.58 bits per heavy atom. The van der Waals surface area contributed by atoms with E-state index in [1.165, 1.54) is 0 Å². The van der Waals surface area contributed by atoms with Gasteiger partial charge in [0.25, 0.3) is 0 Å². The van der Waals surface area contributed by atoms with E-state index in [1.54, 1.807) is 24.3 Å². The average Bonchev–Trinajstić information content (AvgIpc) is 2.58. The molecule has 1 atom stereocenters. The van der Waals surface area contributed by atoms with E-state index < -0.39 is 6.23 Å². The minimum absolute atomic E-state index is 0.456. The maximum absolute atomic E-state index is 5.69. The summed E-state index contributed by atoms with van der Waals surface area (Å²) in [5, 5.41) is 7.58. The smallest absolute Gasteiger partial charge is 0.197 e. The Bertz CT molecular complexity index is 299. The van der Waals surface area contributed by atoms with Gasteiger partial charge in [0.05, 0.1) is 5.28 Å². The molecule has 1 aliphatic rings. The Kier molecular flexibility index (Phi) is 1.93. The Morgan fingerprint density at radius 1 is 1.25 bits per heavy atom. The van der Waals surface area contributed by atoms with Crippen molar-refractivity contribution in [2.45, 2.75) is 6.23 Å². The van der Waals surface area contributed by atoms with Crippen molar-refractivity contribution in [3.63, 3.8) is 0 Å². The van der Waals surface area contributed by atoms with Crippen molar-refractivity contribution in [3.05, 3.63) is 34.9 Å². The molecule has 0 saturated heterocycles. The topological polar surface area (TPSA) is 43.2 Å². The Morgan fingerprint density at radius 2 is 2.00 bits per heavy atom. The van der Waals surface area contributed by atoms with Crippen LogP contribution in [0.4, 0.5) is 0 Å². The fourth-order valence-corrected chi connectivity index (χ4v) is 1.02. The van der Waals surface area contributed by atoms with Crippen molar-refractivity contribution in [1.82, 2.24) is 0 Å². The number of benzene rings is 1. The van der Waals surface area contributed by atoms with Gasteiger partial charge in [-0.15, -0.1) is 10.0 Å². The van der Waals surface area contributed by atoms with Gasteiger partial charge in [-0.1, -0.05) is 23.7 Å². The summed E-state index contributed by atoms with van der Waals surface area (Å²) in [7, 11) is 0. The molecule has 0 bridgehead atoms. The second kappa shape index (κ2) is 3.08. The highest BCUT2D eigenvalue weighted by molar-refractivity contribution is 6.30. The van der Waals surface area contributed by atoms with Crippen LogP contribution in [0.5, 0.6) is 0 Å². The first-order chi connectivity index (χ1) is 5.86. The molecule has 1 heterocycles. The molecular formula is C7H5ClN2O2. The monoisotopic (exact) mass is 184 g/mol. The first-order valence-electron chi connectivity index (χ1n) is 3.34. The van der Waals surface area contributed by atoms with Gasteiger partial charge in [0.1, 0.15) is 0 Å². The van der Waals surface area contributed by atoms with Crippen LogP contribution in [0, 0.1) is 0 Å². The summed E-state index contributed by atoms with van der Waals surface area (Å²) in [6.45, 7) is 0. The van der Waals surface area contributed by atoms with Gasteiger partial charge < -0.3 is 0 Å². The summed E-state index contributed by atoms with van der Waals surface area (Å²) in [5.74, 6) is 0. The predicted octanol–water partition coefficient (Wildman–Crippen LogP) is 2.67. The molecule has 0 aliphatic carbocycles. The molecule has 0 N–H and O–H groups in total. The van der Waals surface area contributed by atoms with E-state index in [0.29, 0.717) is 5.02 Å². The van der Waals surface area contributed by atoms with Crippen LogP contribution >= 0.6 is 11.6 Å². The molecule has 0 saturated carbocycles. The zero-order valence-electron chi connectivity index (χ0n) is 5.98. The minimum atomic E-state index is -0.456. The molecule has 12 heavy (non-hydrogen) atoms. The van der Waals surface area contributed by atoms with Gasteiger partial charge in [0, 0.05) is 10.6 Å². The molecule has 5 heteroatoms. The summed E-state index contributed by atoms with van der Waals surface area (Å²) >= 11 is 5.69. The minimum Gasteiger partial charge on any atom is -0.197 e. The van der Waals surface area contributed by atoms with Crippen molar-refractivity contribution in [3.8, 4) is 0 Å². The third-order valence-electron chi connectivity index (χ3n) is 1.47. The van der Waals surface area contributed by atoms with E-state index in [4.69, 9.17) is 16.5 Å². The molecular weight excluding hydrogens is 180 g/mol. The van der Waals surface area contributed by atoms with Gasteiger partial charge in [0.15, 0.2) is 0 Å². The number of rotatable bonds is 1. The normalized spacial score (nSPS) is 20.9. The molecule has 4 nitrogen and oxygen atoms in total. The van der Waals surface area contributed by atoms with Crippen molar-refractivity contribution in [1.29, 1.82) is 0 Å². The van der Waals surface area contributed by atoms with Gasteiger partial charge in [-0.05, 0) is 12.1 Å². The molecule has 0 amide bonds. The van der Waals surface area contributed by atoms with Gasteiger partial charge in [-0.3, -0.25) is 0 Å². The number of hydrogen-bond donors (Lipinski definition) is 0. The van der Waals surface area contributed by atoms with Gasteiger partial charge in [-0.25, -0.2) is 0 Å². The molecule has 0 aromatic heterocycles. The van der Waals surface area contributed by atoms with E-state index in [-0.39, 0.29) is 0 Å². The maximum atomic E-state index is 5.69. The Balaban J connectivity index is 2.23. The average molecular weight is 185 g/mol. The zero-order chi connectivity index (χ0) is 8.39. The first-order valence-corrected chi connectivity index (χ1v) is 3.72. The molecule has 2 rings (SSSR count). The second-order valence-corrected chi connectivity index (χ2v) is 2.71. The third kappa shape index (κ3) is 1.39. The van der Waals surface area contributed by atoms with Gasteiger partial charge in [0.2, 0.25) is 6.23 Å². The fraction of sp³-hybridized carbons (Fsp3) is 0.143. The molecule has 1 aromatic rings. The third-order valence-corrected chi connectivity index (χ3v) is 1.73. The highest BCUT2D eigenvalue weighted by Crippen LogP contribution is 2.24. The van der Waals surface area contributed by atoms with Crippen molar-refractivity contribution < 1.29 is 9.88 Å². The van der Waals surface area contributed by atoms with Crippen LogP contribution < -0.4 is 0 Å². The van der Waals surface area contributed by atoms with Crippen LogP contribution in [0.25, 0.3) is 0 Å². The molecule has 62 valence electrons. The number of nitrogens with zero attached hydrogens (tertiary/aromatic N) is 2. The number of hydrogen-bond acceptors (Lipinski definition) is 4. The lowest BCUT2D eigenvalue weighted by molar-refractivity contribution is -0.296. The molecule has 0 fully saturated rings. The zero-order valence-corrected chi connectivity index (χ0v) is 6.73. The molecule has 1 aromatic carbocycles. The lowest BCUT2D eigenvalue weighted by atomic mass is 10.2. The van der Waals surface area contributed by atoms with Crippen LogP contribution in [-0.2, 0) is 9.88 Å². The summed E-state index contributed by atoms with van der Waals surface area (Å²) < 4.78 is 0. The maximum Gasteiger partial charge on any atom is 0.245 e. The standard InChI is InChI=1S/C7H5ClN2O2/c8-6-3-1-5(2-4-6)7-9-10-12-11-7/h1-4,7H. The Labute approximate surface area is 73.7 Å². The van der Waals surface area contributed by atoms with E-state index >= 15 is 0 Å². The summed E-state index contributed by atoms with van der Waals surface area (Å²) in [6, 6.07) is 7.13. The predicted molar refractivity (Wildman–Crippen MR) is 41.2 cm³/mol. The van der Waals surface area contributed by atoms with Crippen molar-refractivity contribution in [2.24, 2.45) is 10.4 Å². The van der Waals surface area contributed by atoms with Crippen LogP contribution in [-0.4, -0.2) is 0 Å². The lowest BCUT2D eigenvalue weighted by Crippen LogP contribution is -1.93. The largest absolute Gasteiger partial charge is 0.245 e. The van der Waals surface area contributed by atoms with Gasteiger partial charge in [-0.2, -0.15) is 4.99 Å². The summed E-state index contributed by atoms with van der Waals surface area (Å²) in [6.07, 6.45) is -0.456. The Hall–Kier alpha value is -1.13. The van der Waals surface area contributed by atoms with E-state index in [0.717, 1.165) is 5.56 Å². The number of halogens is 1. The SMILES string of the molecule is Clc1ccc(C2N=NOO2)cc1. The van der Waals surface area contributed by atoms with Crippen LogP contribution in [0.15, 0.2) is 34.7 Å². The fourth-order valence-electron chi connectivity index (χ4n) is 0.891. The molecule has 1 aliphatic heterocycles. The van der Waals surface area contributed by atoms with Gasteiger partial charge >= 0.3 is 0 Å². The summed E-state index contributed by atoms with van der Waals surface area (Å²) in [5.41, 5.74) is 0.862. The van der Waals surface area contributed by atoms with Crippen molar-refractivity contribution in [2.75, 3.05) is 0 Å². The quantitative estimate of drug-likeness (QED) is 0.630. The highest BCUT2D eigenvalue weighted by Gasteiger charge is 2.17. The molecule has 0 radical (unpaired) electrons. The lowest BCUT2D eigenvalue weighted by Gasteiger charge is -2.01.